The zero-order valence-corrected chi connectivity index (χ0v) is 7.12. The summed E-state index contributed by atoms with van der Waals surface area (Å²) in [4.78, 5) is 26.7. The predicted molar refractivity (Wildman–Crippen MR) is 45.8 cm³/mol. The van der Waals surface area contributed by atoms with Gasteiger partial charge in [-0.15, -0.1) is 0 Å². The number of anilines is 1. The van der Waals surface area contributed by atoms with E-state index in [1.54, 1.807) is 7.05 Å². The molecule has 1 aromatic rings. The third-order valence-electron chi connectivity index (χ3n) is 1.49. The van der Waals surface area contributed by atoms with Gasteiger partial charge in [-0.1, -0.05) is 0 Å². The van der Waals surface area contributed by atoms with Gasteiger partial charge < -0.3 is 5.32 Å². The zero-order valence-electron chi connectivity index (χ0n) is 7.12. The van der Waals surface area contributed by atoms with Gasteiger partial charge in [-0.05, 0) is 6.92 Å². The van der Waals surface area contributed by atoms with Gasteiger partial charge in [0, 0.05) is 7.05 Å². The summed E-state index contributed by atoms with van der Waals surface area (Å²) in [6, 6.07) is 0. The Morgan fingerprint density at radius 1 is 1.62 bits per heavy atom. The van der Waals surface area contributed by atoms with E-state index in [4.69, 9.17) is 0 Å². The molecule has 0 aliphatic carbocycles. The van der Waals surface area contributed by atoms with E-state index >= 15 is 0 Å². The number of hydrogen-bond acceptors (Lipinski definition) is 5. The topological polar surface area (TPSA) is 101 Å². The molecule has 0 unspecified atom stereocenters. The van der Waals surface area contributed by atoms with Gasteiger partial charge in [0.25, 0.3) is 0 Å². The summed E-state index contributed by atoms with van der Waals surface area (Å²) in [6.07, 6.45) is 0. The van der Waals surface area contributed by atoms with Crippen molar-refractivity contribution in [2.24, 2.45) is 0 Å². The van der Waals surface area contributed by atoms with Crippen molar-refractivity contribution in [2.75, 3.05) is 12.4 Å². The van der Waals surface area contributed by atoms with Gasteiger partial charge >= 0.3 is 11.2 Å². The lowest BCUT2D eigenvalue weighted by atomic mass is 10.4. The van der Waals surface area contributed by atoms with Crippen molar-refractivity contribution >= 4 is 11.6 Å². The largest absolute Gasteiger partial charge is 0.359 e. The van der Waals surface area contributed by atoms with Gasteiger partial charge in [-0.25, -0.2) is 4.98 Å². The molecule has 2 N–H and O–H groups in total. The molecule has 1 heterocycles. The first-order valence-electron chi connectivity index (χ1n) is 3.49. The number of aromatic nitrogens is 2. The molecule has 0 aromatic carbocycles. The van der Waals surface area contributed by atoms with Crippen molar-refractivity contribution in [3.63, 3.8) is 0 Å². The summed E-state index contributed by atoms with van der Waals surface area (Å²) < 4.78 is 0. The summed E-state index contributed by atoms with van der Waals surface area (Å²) in [7, 11) is 1.56. The van der Waals surface area contributed by atoms with Crippen LogP contribution < -0.4 is 10.9 Å². The Bertz CT molecular complexity index is 397. The third-order valence-corrected chi connectivity index (χ3v) is 1.49. The molecule has 7 nitrogen and oxygen atoms in total. The number of hydrogen-bond donors (Lipinski definition) is 2. The molecule has 0 saturated carbocycles. The van der Waals surface area contributed by atoms with Crippen molar-refractivity contribution in [1.29, 1.82) is 0 Å². The van der Waals surface area contributed by atoms with Gasteiger partial charge in [0.15, 0.2) is 0 Å². The van der Waals surface area contributed by atoms with Crippen LogP contribution in [0.2, 0.25) is 0 Å². The van der Waals surface area contributed by atoms with Crippen LogP contribution in [0.4, 0.5) is 11.6 Å². The third kappa shape index (κ3) is 1.63. The molecule has 0 saturated heterocycles. The number of H-pyrrole nitrogens is 1. The Balaban J connectivity index is 3.40. The van der Waals surface area contributed by atoms with E-state index in [0.29, 0.717) is 0 Å². The molecule has 70 valence electrons. The zero-order chi connectivity index (χ0) is 10.0. The van der Waals surface area contributed by atoms with Gasteiger partial charge in [0.2, 0.25) is 5.95 Å². The number of nitrogens with zero attached hydrogens (tertiary/aromatic N) is 2. The smallest absolute Gasteiger partial charge is 0.354 e. The average Bonchev–Trinajstić information content (AvgIpc) is 2.02. The fraction of sp³-hybridized carbons (Fsp3) is 0.333. The van der Waals surface area contributed by atoms with E-state index in [2.05, 4.69) is 15.3 Å². The molecule has 0 aliphatic heterocycles. The monoisotopic (exact) mass is 184 g/mol. The van der Waals surface area contributed by atoms with E-state index in [1.165, 1.54) is 6.92 Å². The van der Waals surface area contributed by atoms with Crippen LogP contribution in [-0.2, 0) is 0 Å². The predicted octanol–water partition coefficient (Wildman–Crippen LogP) is 0.0282. The SMILES string of the molecule is CNc1nc(C)c([N+](=O)[O-])c(=O)[nH]1. The highest BCUT2D eigenvalue weighted by molar-refractivity contribution is 5.36. The molecule has 1 rings (SSSR count). The summed E-state index contributed by atoms with van der Waals surface area (Å²) in [5.74, 6) is 0.216. The maximum absolute atomic E-state index is 11.1. The van der Waals surface area contributed by atoms with E-state index in [9.17, 15) is 14.9 Å². The average molecular weight is 184 g/mol. The first kappa shape index (κ1) is 9.17. The molecule has 0 radical (unpaired) electrons. The maximum atomic E-state index is 11.1. The van der Waals surface area contributed by atoms with Crippen molar-refractivity contribution < 1.29 is 4.92 Å². The van der Waals surface area contributed by atoms with E-state index < -0.39 is 16.2 Å². The van der Waals surface area contributed by atoms with E-state index in [-0.39, 0.29) is 11.6 Å². The Hall–Kier alpha value is -1.92. The summed E-state index contributed by atoms with van der Waals surface area (Å²) in [5.41, 5.74) is -1.17. The lowest BCUT2D eigenvalue weighted by Crippen LogP contribution is -2.16. The molecule has 7 heteroatoms. The molecule has 0 aliphatic rings. The molecule has 0 spiro atoms. The van der Waals surface area contributed by atoms with E-state index in [1.807, 2.05) is 0 Å². The molecular formula is C6H8N4O3. The molecule has 0 amide bonds. The Morgan fingerprint density at radius 3 is 2.62 bits per heavy atom. The molecule has 0 fully saturated rings. The maximum Gasteiger partial charge on any atom is 0.354 e. The van der Waals surface area contributed by atoms with Gasteiger partial charge in [0.05, 0.1) is 4.92 Å². The van der Waals surface area contributed by atoms with Crippen LogP contribution >= 0.6 is 0 Å². The highest BCUT2D eigenvalue weighted by Crippen LogP contribution is 2.09. The number of aryl methyl sites for hydroxylation is 1. The van der Waals surface area contributed by atoms with Gasteiger partial charge in [0.1, 0.15) is 5.69 Å². The molecule has 0 atom stereocenters. The molecule has 1 aromatic heterocycles. The summed E-state index contributed by atoms with van der Waals surface area (Å²) >= 11 is 0. The Labute approximate surface area is 73.0 Å². The first-order chi connectivity index (χ1) is 6.06. The van der Waals surface area contributed by atoms with Crippen LogP contribution in [0.25, 0.3) is 0 Å². The Kier molecular flexibility index (Phi) is 2.27. The quantitative estimate of drug-likeness (QED) is 0.498. The highest BCUT2D eigenvalue weighted by Gasteiger charge is 2.18. The standard InChI is InChI=1S/C6H8N4O3/c1-3-4(10(12)13)5(11)9-6(7-2)8-3/h1-2H3,(H2,7,8,9,11). The van der Waals surface area contributed by atoms with E-state index in [0.717, 1.165) is 0 Å². The fourth-order valence-corrected chi connectivity index (χ4v) is 0.913. The second-order valence-corrected chi connectivity index (χ2v) is 2.36. The minimum Gasteiger partial charge on any atom is -0.359 e. The van der Waals surface area contributed by atoms with Gasteiger partial charge in [-0.3, -0.25) is 19.9 Å². The second kappa shape index (κ2) is 3.21. The molecule has 13 heavy (non-hydrogen) atoms. The van der Waals surface area contributed by atoms with Crippen LogP contribution in [0.3, 0.4) is 0 Å². The number of aromatic amines is 1. The van der Waals surface area contributed by atoms with Crippen molar-refractivity contribution in [3.8, 4) is 0 Å². The van der Waals surface area contributed by atoms with Crippen LogP contribution in [0.1, 0.15) is 5.69 Å². The normalized spacial score (nSPS) is 9.69. The molecule has 0 bridgehead atoms. The number of rotatable bonds is 2. The Morgan fingerprint density at radius 2 is 2.23 bits per heavy atom. The van der Waals surface area contributed by atoms with Crippen LogP contribution in [0.15, 0.2) is 4.79 Å². The van der Waals surface area contributed by atoms with Crippen molar-refractivity contribution in [2.45, 2.75) is 6.92 Å². The minimum atomic E-state index is -0.749. The number of nitrogens with one attached hydrogen (secondary N) is 2. The molecular weight excluding hydrogens is 176 g/mol. The highest BCUT2D eigenvalue weighted by atomic mass is 16.6. The van der Waals surface area contributed by atoms with Gasteiger partial charge in [-0.2, -0.15) is 0 Å². The summed E-state index contributed by atoms with van der Waals surface area (Å²) in [6.45, 7) is 1.41. The van der Waals surface area contributed by atoms with Crippen molar-refractivity contribution in [3.05, 3.63) is 26.2 Å². The second-order valence-electron chi connectivity index (χ2n) is 2.36. The summed E-state index contributed by atoms with van der Waals surface area (Å²) in [5, 5.41) is 13.0. The number of nitro groups is 1. The fourth-order valence-electron chi connectivity index (χ4n) is 0.913. The first-order valence-corrected chi connectivity index (χ1v) is 3.49. The van der Waals surface area contributed by atoms with Crippen LogP contribution in [0, 0.1) is 17.0 Å². The van der Waals surface area contributed by atoms with Crippen molar-refractivity contribution in [1.82, 2.24) is 9.97 Å². The van der Waals surface area contributed by atoms with Crippen LogP contribution in [0.5, 0.6) is 0 Å². The van der Waals surface area contributed by atoms with Crippen LogP contribution in [-0.4, -0.2) is 21.9 Å². The lowest BCUT2D eigenvalue weighted by molar-refractivity contribution is -0.387. The minimum absolute atomic E-state index is 0.0955. The lowest BCUT2D eigenvalue weighted by Gasteiger charge is -1.99.